The first-order chi connectivity index (χ1) is 6.65. The molecule has 0 aromatic carbocycles. The van der Waals surface area contributed by atoms with Gasteiger partial charge in [0.15, 0.2) is 0 Å². The minimum absolute atomic E-state index is 0.239. The van der Waals surface area contributed by atoms with Gasteiger partial charge in [-0.15, -0.1) is 0 Å². The van der Waals surface area contributed by atoms with E-state index in [4.69, 9.17) is 4.74 Å². The van der Waals surface area contributed by atoms with Crippen molar-refractivity contribution in [1.82, 2.24) is 10.2 Å². The first-order valence-electron chi connectivity index (χ1n) is 4.58. The molecule has 14 heavy (non-hydrogen) atoms. The summed E-state index contributed by atoms with van der Waals surface area (Å²) in [5.74, 6) is -0.239. The van der Waals surface area contributed by atoms with Crippen LogP contribution in [0, 0.1) is 0 Å². The van der Waals surface area contributed by atoms with Crippen LogP contribution < -0.4 is 5.32 Å². The van der Waals surface area contributed by atoms with Crippen molar-refractivity contribution in [2.45, 2.75) is 6.04 Å². The number of carbonyl (C=O) groups excluding carboxylic acids is 1. The lowest BCUT2D eigenvalue weighted by Gasteiger charge is -2.21. The van der Waals surface area contributed by atoms with Crippen molar-refractivity contribution in [3.8, 4) is 0 Å². The lowest BCUT2D eigenvalue weighted by molar-refractivity contribution is -0.143. The molecule has 84 valence electrons. The van der Waals surface area contributed by atoms with Crippen molar-refractivity contribution in [3.05, 3.63) is 0 Å². The SMILES string of the molecule is CNC(CN(C)CCOC)C(=O)OC. The van der Waals surface area contributed by atoms with Gasteiger partial charge in [0.2, 0.25) is 0 Å². The van der Waals surface area contributed by atoms with Crippen LogP contribution in [0.3, 0.4) is 0 Å². The number of carbonyl (C=O) groups is 1. The number of hydrogen-bond acceptors (Lipinski definition) is 5. The molecule has 5 heteroatoms. The van der Waals surface area contributed by atoms with E-state index in [-0.39, 0.29) is 12.0 Å². The van der Waals surface area contributed by atoms with Gasteiger partial charge >= 0.3 is 5.97 Å². The molecule has 0 aliphatic carbocycles. The van der Waals surface area contributed by atoms with Crippen molar-refractivity contribution >= 4 is 5.97 Å². The van der Waals surface area contributed by atoms with E-state index in [1.54, 1.807) is 14.2 Å². The zero-order chi connectivity index (χ0) is 11.0. The van der Waals surface area contributed by atoms with E-state index >= 15 is 0 Å². The summed E-state index contributed by atoms with van der Waals surface area (Å²) >= 11 is 0. The van der Waals surface area contributed by atoms with Crippen LogP contribution in [0.4, 0.5) is 0 Å². The Balaban J connectivity index is 3.85. The van der Waals surface area contributed by atoms with E-state index in [0.717, 1.165) is 6.54 Å². The Bertz CT molecular complexity index is 164. The molecule has 0 bridgehead atoms. The zero-order valence-corrected chi connectivity index (χ0v) is 9.37. The number of rotatable bonds is 7. The summed E-state index contributed by atoms with van der Waals surface area (Å²) in [4.78, 5) is 13.2. The van der Waals surface area contributed by atoms with Gasteiger partial charge in [-0.2, -0.15) is 0 Å². The van der Waals surface area contributed by atoms with Gasteiger partial charge in [0, 0.05) is 20.2 Å². The molecule has 0 fully saturated rings. The second-order valence-electron chi connectivity index (χ2n) is 3.12. The first-order valence-corrected chi connectivity index (χ1v) is 4.58. The molecular weight excluding hydrogens is 184 g/mol. The second-order valence-corrected chi connectivity index (χ2v) is 3.12. The smallest absolute Gasteiger partial charge is 0.324 e. The van der Waals surface area contributed by atoms with Gasteiger partial charge in [0.1, 0.15) is 6.04 Å². The van der Waals surface area contributed by atoms with Crippen molar-refractivity contribution < 1.29 is 14.3 Å². The predicted octanol–water partition coefficient (Wildman–Crippen LogP) is -0.674. The standard InChI is InChI=1S/C9H20N2O3/c1-10-8(9(12)14-4)7-11(2)5-6-13-3/h8,10H,5-7H2,1-4H3. The third-order valence-electron chi connectivity index (χ3n) is 2.01. The normalized spacial score (nSPS) is 12.9. The summed E-state index contributed by atoms with van der Waals surface area (Å²) in [6.45, 7) is 2.08. The molecule has 0 spiro atoms. The largest absolute Gasteiger partial charge is 0.468 e. The van der Waals surface area contributed by atoms with E-state index in [1.807, 2.05) is 11.9 Å². The van der Waals surface area contributed by atoms with Crippen LogP contribution in [0.1, 0.15) is 0 Å². The number of nitrogens with zero attached hydrogens (tertiary/aromatic N) is 1. The summed E-state index contributed by atoms with van der Waals surface area (Å²) in [6.07, 6.45) is 0. The van der Waals surface area contributed by atoms with Crippen molar-refractivity contribution in [2.24, 2.45) is 0 Å². The minimum Gasteiger partial charge on any atom is -0.468 e. The van der Waals surface area contributed by atoms with Crippen LogP contribution in [0.2, 0.25) is 0 Å². The number of nitrogens with one attached hydrogen (secondary N) is 1. The van der Waals surface area contributed by atoms with Gasteiger partial charge in [-0.3, -0.25) is 4.79 Å². The lowest BCUT2D eigenvalue weighted by Crippen LogP contribution is -2.44. The predicted molar refractivity (Wildman–Crippen MR) is 54.2 cm³/mol. The highest BCUT2D eigenvalue weighted by Gasteiger charge is 2.18. The zero-order valence-electron chi connectivity index (χ0n) is 9.37. The average Bonchev–Trinajstić information content (AvgIpc) is 2.21. The first kappa shape index (κ1) is 13.4. The molecule has 5 nitrogen and oxygen atoms in total. The Morgan fingerprint density at radius 1 is 1.50 bits per heavy atom. The molecule has 1 unspecified atom stereocenters. The Morgan fingerprint density at radius 2 is 2.14 bits per heavy atom. The van der Waals surface area contributed by atoms with Crippen LogP contribution >= 0.6 is 0 Å². The Kier molecular flexibility index (Phi) is 7.37. The number of methoxy groups -OCH3 is 2. The van der Waals surface area contributed by atoms with Gasteiger partial charge in [-0.25, -0.2) is 0 Å². The summed E-state index contributed by atoms with van der Waals surface area (Å²) in [5.41, 5.74) is 0. The highest BCUT2D eigenvalue weighted by Crippen LogP contribution is 1.92. The molecule has 0 aliphatic rings. The van der Waals surface area contributed by atoms with Gasteiger partial charge in [-0.1, -0.05) is 0 Å². The molecule has 1 atom stereocenters. The molecule has 0 rings (SSSR count). The third kappa shape index (κ3) is 5.16. The maximum Gasteiger partial charge on any atom is 0.324 e. The van der Waals surface area contributed by atoms with E-state index in [2.05, 4.69) is 10.1 Å². The van der Waals surface area contributed by atoms with Crippen LogP contribution in [0.15, 0.2) is 0 Å². The minimum atomic E-state index is -0.276. The summed E-state index contributed by atoms with van der Waals surface area (Å²) in [5, 5.41) is 2.90. The number of esters is 1. The summed E-state index contributed by atoms with van der Waals surface area (Å²) in [7, 11) is 6.73. The molecule has 0 amide bonds. The van der Waals surface area contributed by atoms with E-state index in [9.17, 15) is 4.79 Å². The van der Waals surface area contributed by atoms with Crippen LogP contribution in [-0.2, 0) is 14.3 Å². The topological polar surface area (TPSA) is 50.8 Å². The molecule has 0 radical (unpaired) electrons. The van der Waals surface area contributed by atoms with Crippen LogP contribution in [0.25, 0.3) is 0 Å². The summed E-state index contributed by atoms with van der Waals surface area (Å²) in [6, 6.07) is -0.276. The molecule has 0 aromatic rings. The van der Waals surface area contributed by atoms with Gasteiger partial charge in [0.25, 0.3) is 0 Å². The highest BCUT2D eigenvalue weighted by molar-refractivity contribution is 5.75. The van der Waals surface area contributed by atoms with E-state index < -0.39 is 0 Å². The molecule has 0 heterocycles. The molecule has 1 N–H and O–H groups in total. The second kappa shape index (κ2) is 7.73. The monoisotopic (exact) mass is 204 g/mol. The number of hydrogen-bond donors (Lipinski definition) is 1. The van der Waals surface area contributed by atoms with E-state index in [0.29, 0.717) is 13.2 Å². The molecule has 0 saturated heterocycles. The molecule has 0 aromatic heterocycles. The lowest BCUT2D eigenvalue weighted by atomic mass is 10.3. The van der Waals surface area contributed by atoms with Gasteiger partial charge in [-0.05, 0) is 14.1 Å². The molecule has 0 saturated carbocycles. The third-order valence-corrected chi connectivity index (χ3v) is 2.01. The van der Waals surface area contributed by atoms with Crippen LogP contribution in [-0.4, -0.2) is 64.9 Å². The van der Waals surface area contributed by atoms with E-state index in [1.165, 1.54) is 7.11 Å². The number of ether oxygens (including phenoxy) is 2. The fourth-order valence-electron chi connectivity index (χ4n) is 1.08. The maximum atomic E-state index is 11.2. The Labute approximate surface area is 85.4 Å². The highest BCUT2D eigenvalue weighted by atomic mass is 16.5. The van der Waals surface area contributed by atoms with Gasteiger partial charge in [0.05, 0.1) is 13.7 Å². The molecular formula is C9H20N2O3. The fraction of sp³-hybridized carbons (Fsp3) is 0.889. The Hall–Kier alpha value is -0.650. The average molecular weight is 204 g/mol. The van der Waals surface area contributed by atoms with Crippen molar-refractivity contribution in [2.75, 3.05) is 48.0 Å². The number of likely N-dealkylation sites (N-methyl/N-ethyl adjacent to an activating group) is 2. The fourth-order valence-corrected chi connectivity index (χ4v) is 1.08. The van der Waals surface area contributed by atoms with Crippen LogP contribution in [0.5, 0.6) is 0 Å². The van der Waals surface area contributed by atoms with Gasteiger partial charge < -0.3 is 19.7 Å². The van der Waals surface area contributed by atoms with Crippen molar-refractivity contribution in [1.29, 1.82) is 0 Å². The van der Waals surface area contributed by atoms with Crippen molar-refractivity contribution in [3.63, 3.8) is 0 Å². The Morgan fingerprint density at radius 3 is 2.57 bits per heavy atom. The quantitative estimate of drug-likeness (QED) is 0.557. The summed E-state index contributed by atoms with van der Waals surface area (Å²) < 4.78 is 9.59. The maximum absolute atomic E-state index is 11.2. The molecule has 0 aliphatic heterocycles.